The first-order chi connectivity index (χ1) is 8.10. The molecule has 17 heavy (non-hydrogen) atoms. The first-order valence-corrected chi connectivity index (χ1v) is 6.12. The van der Waals surface area contributed by atoms with Gasteiger partial charge in [-0.1, -0.05) is 25.1 Å². The van der Waals surface area contributed by atoms with Gasteiger partial charge >= 0.3 is 0 Å². The molecule has 1 rings (SSSR count). The smallest absolute Gasteiger partial charge is 0.224 e. The number of para-hydroxylation sites is 1. The Labute approximate surface area is 107 Å². The molecule has 0 saturated carbocycles. The highest BCUT2D eigenvalue weighted by Crippen LogP contribution is 2.24. The van der Waals surface area contributed by atoms with Crippen molar-refractivity contribution in [2.45, 2.75) is 19.9 Å². The summed E-state index contributed by atoms with van der Waals surface area (Å²) in [6.45, 7) is 3.73. The molecule has 0 spiro atoms. The highest BCUT2D eigenvalue weighted by atomic mass is 35.5. The zero-order valence-corrected chi connectivity index (χ0v) is 11.1. The standard InChI is InChI=1S/C13H18ClNO2/c1-9(8-14)13(16)15-10(2)11-6-4-5-7-12(11)17-3/h4-7,9-10H,8H2,1-3H3,(H,15,16)/t9?,10-/m1/s1. The number of amides is 1. The summed E-state index contributed by atoms with van der Waals surface area (Å²) in [5, 5.41) is 2.92. The molecule has 94 valence electrons. The number of hydrogen-bond donors (Lipinski definition) is 1. The summed E-state index contributed by atoms with van der Waals surface area (Å²) in [5.74, 6) is 0.871. The Hall–Kier alpha value is -1.22. The summed E-state index contributed by atoms with van der Waals surface area (Å²) in [6, 6.07) is 7.55. The normalized spacial score (nSPS) is 13.9. The largest absolute Gasteiger partial charge is 0.496 e. The van der Waals surface area contributed by atoms with E-state index >= 15 is 0 Å². The molecule has 3 nitrogen and oxygen atoms in total. The van der Waals surface area contributed by atoms with Crippen LogP contribution in [0.1, 0.15) is 25.5 Å². The van der Waals surface area contributed by atoms with E-state index in [0.29, 0.717) is 5.88 Å². The van der Waals surface area contributed by atoms with E-state index in [4.69, 9.17) is 16.3 Å². The van der Waals surface area contributed by atoms with E-state index in [1.54, 1.807) is 14.0 Å². The summed E-state index contributed by atoms with van der Waals surface area (Å²) in [5.41, 5.74) is 0.963. The Morgan fingerprint density at radius 1 is 1.41 bits per heavy atom. The molecule has 1 amide bonds. The quantitative estimate of drug-likeness (QED) is 0.822. The van der Waals surface area contributed by atoms with Crippen LogP contribution in [-0.2, 0) is 4.79 Å². The Bertz CT molecular complexity index is 381. The minimum absolute atomic E-state index is 0.0431. The van der Waals surface area contributed by atoms with Crippen LogP contribution in [0.25, 0.3) is 0 Å². The van der Waals surface area contributed by atoms with E-state index in [0.717, 1.165) is 11.3 Å². The SMILES string of the molecule is COc1ccccc1[C@@H](C)NC(=O)C(C)CCl. The summed E-state index contributed by atoms with van der Waals surface area (Å²) in [7, 11) is 1.62. The van der Waals surface area contributed by atoms with E-state index in [2.05, 4.69) is 5.32 Å². The molecule has 4 heteroatoms. The predicted molar refractivity (Wildman–Crippen MR) is 69.4 cm³/mol. The van der Waals surface area contributed by atoms with Gasteiger partial charge in [-0.05, 0) is 13.0 Å². The third-order valence-corrected chi connectivity index (χ3v) is 3.11. The number of benzene rings is 1. The van der Waals surface area contributed by atoms with Crippen molar-refractivity contribution in [3.8, 4) is 5.75 Å². The van der Waals surface area contributed by atoms with Gasteiger partial charge in [0, 0.05) is 17.4 Å². The summed E-state index contributed by atoms with van der Waals surface area (Å²) < 4.78 is 5.26. The number of hydrogen-bond acceptors (Lipinski definition) is 2. The average molecular weight is 256 g/mol. The maximum Gasteiger partial charge on any atom is 0.224 e. The summed E-state index contributed by atoms with van der Waals surface area (Å²) >= 11 is 5.65. The minimum Gasteiger partial charge on any atom is -0.496 e. The molecule has 2 atom stereocenters. The lowest BCUT2D eigenvalue weighted by Gasteiger charge is -2.18. The van der Waals surface area contributed by atoms with Crippen LogP contribution >= 0.6 is 11.6 Å². The lowest BCUT2D eigenvalue weighted by Crippen LogP contribution is -2.32. The van der Waals surface area contributed by atoms with Crippen LogP contribution in [-0.4, -0.2) is 18.9 Å². The molecular weight excluding hydrogens is 238 g/mol. The van der Waals surface area contributed by atoms with E-state index in [9.17, 15) is 4.79 Å². The Morgan fingerprint density at radius 2 is 2.06 bits per heavy atom. The number of ether oxygens (including phenoxy) is 1. The number of alkyl halides is 1. The second-order valence-electron chi connectivity index (χ2n) is 4.03. The lowest BCUT2D eigenvalue weighted by molar-refractivity contribution is -0.124. The van der Waals surface area contributed by atoms with Crippen LogP contribution in [0, 0.1) is 5.92 Å². The Kier molecular flexibility index (Phi) is 5.29. The molecule has 1 unspecified atom stereocenters. The topological polar surface area (TPSA) is 38.3 Å². The maximum absolute atomic E-state index is 11.7. The van der Waals surface area contributed by atoms with Gasteiger partial charge in [-0.3, -0.25) is 4.79 Å². The Morgan fingerprint density at radius 3 is 2.65 bits per heavy atom. The fourth-order valence-electron chi connectivity index (χ4n) is 1.53. The van der Waals surface area contributed by atoms with Crippen molar-refractivity contribution in [2.75, 3.05) is 13.0 Å². The highest BCUT2D eigenvalue weighted by molar-refractivity contribution is 6.19. The molecule has 0 heterocycles. The van der Waals surface area contributed by atoms with Crippen LogP contribution in [0.5, 0.6) is 5.75 Å². The first kappa shape index (κ1) is 13.8. The third-order valence-electron chi connectivity index (χ3n) is 2.64. The zero-order valence-electron chi connectivity index (χ0n) is 10.4. The molecule has 1 aromatic carbocycles. The van der Waals surface area contributed by atoms with Gasteiger partial charge in [0.25, 0.3) is 0 Å². The van der Waals surface area contributed by atoms with Crippen molar-refractivity contribution in [1.29, 1.82) is 0 Å². The number of rotatable bonds is 5. The summed E-state index contributed by atoms with van der Waals surface area (Å²) in [6.07, 6.45) is 0. The molecule has 0 aliphatic rings. The van der Waals surface area contributed by atoms with Crippen molar-refractivity contribution < 1.29 is 9.53 Å². The fraction of sp³-hybridized carbons (Fsp3) is 0.462. The van der Waals surface area contributed by atoms with Gasteiger partial charge in [-0.2, -0.15) is 0 Å². The molecular formula is C13H18ClNO2. The van der Waals surface area contributed by atoms with Crippen LogP contribution < -0.4 is 10.1 Å². The molecule has 0 saturated heterocycles. The molecule has 0 aliphatic heterocycles. The van der Waals surface area contributed by atoms with E-state index in [1.165, 1.54) is 0 Å². The van der Waals surface area contributed by atoms with Crippen molar-refractivity contribution in [3.05, 3.63) is 29.8 Å². The number of methoxy groups -OCH3 is 1. The zero-order chi connectivity index (χ0) is 12.8. The summed E-state index contributed by atoms with van der Waals surface area (Å²) in [4.78, 5) is 11.7. The number of halogens is 1. The van der Waals surface area contributed by atoms with Crippen LogP contribution in [0.15, 0.2) is 24.3 Å². The van der Waals surface area contributed by atoms with Gasteiger partial charge in [0.15, 0.2) is 0 Å². The maximum atomic E-state index is 11.7. The van der Waals surface area contributed by atoms with Crippen LogP contribution in [0.3, 0.4) is 0 Å². The van der Waals surface area contributed by atoms with Gasteiger partial charge in [0.2, 0.25) is 5.91 Å². The molecule has 1 N–H and O–H groups in total. The van der Waals surface area contributed by atoms with Gasteiger partial charge < -0.3 is 10.1 Å². The van der Waals surface area contributed by atoms with Gasteiger partial charge in [-0.15, -0.1) is 11.6 Å². The van der Waals surface area contributed by atoms with Crippen molar-refractivity contribution >= 4 is 17.5 Å². The molecule has 0 radical (unpaired) electrons. The lowest BCUT2D eigenvalue weighted by atomic mass is 10.1. The number of carbonyl (C=O) groups is 1. The molecule has 0 fully saturated rings. The second-order valence-corrected chi connectivity index (χ2v) is 4.34. The number of nitrogens with one attached hydrogen (secondary N) is 1. The molecule has 0 bridgehead atoms. The second kappa shape index (κ2) is 6.50. The van der Waals surface area contributed by atoms with Gasteiger partial charge in [0.1, 0.15) is 5.75 Å². The van der Waals surface area contributed by atoms with Gasteiger partial charge in [-0.25, -0.2) is 0 Å². The van der Waals surface area contributed by atoms with E-state index in [-0.39, 0.29) is 17.9 Å². The predicted octanol–water partition coefficient (Wildman–Crippen LogP) is 2.75. The first-order valence-electron chi connectivity index (χ1n) is 5.59. The Balaban J connectivity index is 2.76. The fourth-order valence-corrected chi connectivity index (χ4v) is 1.67. The highest BCUT2D eigenvalue weighted by Gasteiger charge is 2.17. The van der Waals surface area contributed by atoms with Crippen LogP contribution in [0.2, 0.25) is 0 Å². The van der Waals surface area contributed by atoms with Crippen molar-refractivity contribution in [2.24, 2.45) is 5.92 Å². The molecule has 0 aromatic heterocycles. The van der Waals surface area contributed by atoms with Crippen LogP contribution in [0.4, 0.5) is 0 Å². The van der Waals surface area contributed by atoms with Crippen molar-refractivity contribution in [1.82, 2.24) is 5.32 Å². The van der Waals surface area contributed by atoms with Gasteiger partial charge in [0.05, 0.1) is 13.2 Å². The minimum atomic E-state index is -0.186. The van der Waals surface area contributed by atoms with E-state index < -0.39 is 0 Å². The molecule has 1 aromatic rings. The molecule has 0 aliphatic carbocycles. The monoisotopic (exact) mass is 255 g/mol. The third kappa shape index (κ3) is 3.63. The average Bonchev–Trinajstić information content (AvgIpc) is 2.37. The van der Waals surface area contributed by atoms with E-state index in [1.807, 2.05) is 31.2 Å². The van der Waals surface area contributed by atoms with Crippen molar-refractivity contribution in [3.63, 3.8) is 0 Å². The number of carbonyl (C=O) groups excluding carboxylic acids is 1.